The highest BCUT2D eigenvalue weighted by molar-refractivity contribution is 6.04. The fourth-order valence-corrected chi connectivity index (χ4v) is 2.10. The van der Waals surface area contributed by atoms with Crippen LogP contribution in [0, 0.1) is 0 Å². The molecule has 0 heterocycles. The molecule has 1 N–H and O–H groups in total. The lowest BCUT2D eigenvalue weighted by atomic mass is 10.2. The topological polar surface area (TPSA) is 67.9 Å². The van der Waals surface area contributed by atoms with Gasteiger partial charge in [-0.05, 0) is 48.5 Å². The molecule has 2 rings (SSSR count). The van der Waals surface area contributed by atoms with E-state index in [1.165, 1.54) is 11.8 Å². The summed E-state index contributed by atoms with van der Waals surface area (Å²) >= 11 is 0. The number of anilines is 2. The first kappa shape index (κ1) is 18.5. The van der Waals surface area contributed by atoms with Gasteiger partial charge in [0.05, 0.1) is 6.61 Å². The minimum Gasteiger partial charge on any atom is -0.491 e. The lowest BCUT2D eigenvalue weighted by molar-refractivity contribution is -0.116. The van der Waals surface area contributed by atoms with Crippen LogP contribution in [0.4, 0.5) is 11.4 Å². The number of benzene rings is 2. The van der Waals surface area contributed by atoms with Gasteiger partial charge in [-0.25, -0.2) is 0 Å². The predicted octanol–water partition coefficient (Wildman–Crippen LogP) is 2.95. The maximum absolute atomic E-state index is 12.3. The summed E-state index contributed by atoms with van der Waals surface area (Å²) in [5.74, 6) is 0.422. The molecular formula is C19H22N2O4. The van der Waals surface area contributed by atoms with E-state index in [0.717, 1.165) is 5.69 Å². The number of amides is 2. The summed E-state index contributed by atoms with van der Waals surface area (Å²) in [5.41, 5.74) is 1.96. The molecule has 0 bridgehead atoms. The second-order valence-corrected chi connectivity index (χ2v) is 5.44. The number of methoxy groups -OCH3 is 1. The number of ether oxygens (including phenoxy) is 2. The van der Waals surface area contributed by atoms with Crippen LogP contribution in [-0.4, -0.2) is 39.2 Å². The summed E-state index contributed by atoms with van der Waals surface area (Å²) in [5, 5.41) is 2.82. The first-order valence-corrected chi connectivity index (χ1v) is 7.89. The summed E-state index contributed by atoms with van der Waals surface area (Å²) in [6, 6.07) is 14.0. The van der Waals surface area contributed by atoms with E-state index in [4.69, 9.17) is 9.47 Å². The Morgan fingerprint density at radius 3 is 2.20 bits per heavy atom. The molecule has 0 aromatic heterocycles. The van der Waals surface area contributed by atoms with E-state index < -0.39 is 0 Å². The van der Waals surface area contributed by atoms with Crippen LogP contribution < -0.4 is 15.0 Å². The minimum atomic E-state index is -0.212. The average molecular weight is 342 g/mol. The van der Waals surface area contributed by atoms with Gasteiger partial charge in [0.1, 0.15) is 12.4 Å². The van der Waals surface area contributed by atoms with E-state index >= 15 is 0 Å². The average Bonchev–Trinajstić information content (AvgIpc) is 2.62. The van der Waals surface area contributed by atoms with Gasteiger partial charge in [0.25, 0.3) is 5.91 Å². The molecule has 2 amide bonds. The quantitative estimate of drug-likeness (QED) is 0.786. The van der Waals surface area contributed by atoms with Crippen molar-refractivity contribution in [3.63, 3.8) is 0 Å². The van der Waals surface area contributed by atoms with Gasteiger partial charge in [0.2, 0.25) is 5.91 Å². The molecule has 0 aliphatic rings. The Bertz CT molecular complexity index is 711. The van der Waals surface area contributed by atoms with E-state index in [9.17, 15) is 9.59 Å². The summed E-state index contributed by atoms with van der Waals surface area (Å²) in [7, 11) is 3.31. The Balaban J connectivity index is 1.96. The van der Waals surface area contributed by atoms with Gasteiger partial charge in [0, 0.05) is 38.0 Å². The van der Waals surface area contributed by atoms with Gasteiger partial charge in [-0.1, -0.05) is 0 Å². The van der Waals surface area contributed by atoms with E-state index in [-0.39, 0.29) is 11.8 Å². The van der Waals surface area contributed by atoms with Gasteiger partial charge in [-0.2, -0.15) is 0 Å². The number of hydrogen-bond acceptors (Lipinski definition) is 4. The Hall–Kier alpha value is -2.86. The van der Waals surface area contributed by atoms with Crippen molar-refractivity contribution >= 4 is 23.2 Å². The molecule has 25 heavy (non-hydrogen) atoms. The monoisotopic (exact) mass is 342 g/mol. The van der Waals surface area contributed by atoms with Crippen molar-refractivity contribution < 1.29 is 19.1 Å². The molecule has 0 atom stereocenters. The SMILES string of the molecule is COCCOc1ccc(C(=O)Nc2ccc(N(C)C(C)=O)cc2)cc1. The van der Waals surface area contributed by atoms with Crippen molar-refractivity contribution in [2.75, 3.05) is 37.6 Å². The highest BCUT2D eigenvalue weighted by Gasteiger charge is 2.08. The number of nitrogens with zero attached hydrogens (tertiary/aromatic N) is 1. The van der Waals surface area contributed by atoms with Crippen LogP contribution in [0.2, 0.25) is 0 Å². The lowest BCUT2D eigenvalue weighted by Crippen LogP contribution is -2.22. The van der Waals surface area contributed by atoms with Crippen LogP contribution >= 0.6 is 0 Å². The van der Waals surface area contributed by atoms with Gasteiger partial charge < -0.3 is 19.7 Å². The van der Waals surface area contributed by atoms with Gasteiger partial charge in [-0.15, -0.1) is 0 Å². The van der Waals surface area contributed by atoms with Crippen LogP contribution in [0.15, 0.2) is 48.5 Å². The zero-order chi connectivity index (χ0) is 18.2. The Morgan fingerprint density at radius 1 is 1.00 bits per heavy atom. The molecule has 0 fully saturated rings. The number of nitrogens with one attached hydrogen (secondary N) is 1. The third-order valence-electron chi connectivity index (χ3n) is 3.66. The zero-order valence-electron chi connectivity index (χ0n) is 14.6. The Morgan fingerprint density at radius 2 is 1.64 bits per heavy atom. The first-order chi connectivity index (χ1) is 12.0. The first-order valence-electron chi connectivity index (χ1n) is 7.89. The number of rotatable bonds is 7. The highest BCUT2D eigenvalue weighted by Crippen LogP contribution is 2.18. The van der Waals surface area contributed by atoms with Crippen molar-refractivity contribution in [1.29, 1.82) is 0 Å². The third kappa shape index (κ3) is 5.32. The molecule has 6 heteroatoms. The van der Waals surface area contributed by atoms with Crippen molar-refractivity contribution in [2.45, 2.75) is 6.92 Å². The number of hydrogen-bond donors (Lipinski definition) is 1. The third-order valence-corrected chi connectivity index (χ3v) is 3.66. The number of carbonyl (C=O) groups is 2. The van der Waals surface area contributed by atoms with Crippen molar-refractivity contribution in [1.82, 2.24) is 0 Å². The van der Waals surface area contributed by atoms with E-state index in [1.54, 1.807) is 62.7 Å². The van der Waals surface area contributed by atoms with Crippen molar-refractivity contribution in [3.05, 3.63) is 54.1 Å². The second-order valence-electron chi connectivity index (χ2n) is 5.44. The zero-order valence-corrected chi connectivity index (χ0v) is 14.6. The second kappa shape index (κ2) is 8.84. The molecule has 132 valence electrons. The van der Waals surface area contributed by atoms with Gasteiger partial charge >= 0.3 is 0 Å². The largest absolute Gasteiger partial charge is 0.491 e. The van der Waals surface area contributed by atoms with Crippen LogP contribution in [0.25, 0.3) is 0 Å². The highest BCUT2D eigenvalue weighted by atomic mass is 16.5. The molecule has 6 nitrogen and oxygen atoms in total. The van der Waals surface area contributed by atoms with Crippen LogP contribution in [0.1, 0.15) is 17.3 Å². The Labute approximate surface area is 147 Å². The molecule has 2 aromatic rings. The predicted molar refractivity (Wildman–Crippen MR) is 97.3 cm³/mol. The molecule has 0 spiro atoms. The van der Waals surface area contributed by atoms with Crippen molar-refractivity contribution in [2.24, 2.45) is 0 Å². The fourth-order valence-electron chi connectivity index (χ4n) is 2.10. The maximum Gasteiger partial charge on any atom is 0.255 e. The molecule has 0 saturated carbocycles. The molecule has 0 aliphatic carbocycles. The smallest absolute Gasteiger partial charge is 0.255 e. The fraction of sp³-hybridized carbons (Fsp3) is 0.263. The normalized spacial score (nSPS) is 10.2. The Kier molecular flexibility index (Phi) is 6.54. The molecule has 0 aliphatic heterocycles. The van der Waals surface area contributed by atoms with E-state index in [1.807, 2.05) is 0 Å². The molecular weight excluding hydrogens is 320 g/mol. The summed E-state index contributed by atoms with van der Waals surface area (Å²) in [4.78, 5) is 25.2. The molecule has 0 radical (unpaired) electrons. The molecule has 0 saturated heterocycles. The van der Waals surface area contributed by atoms with Crippen LogP contribution in [0.3, 0.4) is 0 Å². The van der Waals surface area contributed by atoms with E-state index in [0.29, 0.717) is 30.2 Å². The standard InChI is InChI=1S/C19H22N2O4/c1-14(22)21(2)17-8-6-16(7-9-17)20-19(23)15-4-10-18(11-5-15)25-13-12-24-3/h4-11H,12-13H2,1-3H3,(H,20,23). The van der Waals surface area contributed by atoms with Crippen LogP contribution in [0.5, 0.6) is 5.75 Å². The molecule has 2 aromatic carbocycles. The summed E-state index contributed by atoms with van der Waals surface area (Å²) in [6.45, 7) is 2.47. The molecule has 0 unspecified atom stereocenters. The van der Waals surface area contributed by atoms with Crippen LogP contribution in [-0.2, 0) is 9.53 Å². The summed E-state index contributed by atoms with van der Waals surface area (Å²) in [6.07, 6.45) is 0. The minimum absolute atomic E-state index is 0.0513. The lowest BCUT2D eigenvalue weighted by Gasteiger charge is -2.15. The summed E-state index contributed by atoms with van der Waals surface area (Å²) < 4.78 is 10.4. The van der Waals surface area contributed by atoms with Crippen molar-refractivity contribution in [3.8, 4) is 5.75 Å². The number of carbonyl (C=O) groups excluding carboxylic acids is 2. The van der Waals surface area contributed by atoms with E-state index in [2.05, 4.69) is 5.32 Å². The maximum atomic E-state index is 12.3. The van der Waals surface area contributed by atoms with Gasteiger partial charge in [-0.3, -0.25) is 9.59 Å². The van der Waals surface area contributed by atoms with Gasteiger partial charge in [0.15, 0.2) is 0 Å².